The minimum Gasteiger partial charge on any atom is -0.497 e. The minimum absolute atomic E-state index is 0.845. The second-order valence-corrected chi connectivity index (χ2v) is 6.16. The van der Waals surface area contributed by atoms with Crippen molar-refractivity contribution in [3.05, 3.63) is 66.0 Å². The molecule has 0 spiro atoms. The van der Waals surface area contributed by atoms with Crippen molar-refractivity contribution in [2.45, 2.75) is 0 Å². The summed E-state index contributed by atoms with van der Waals surface area (Å²) in [6.45, 7) is 0.845. The predicted molar refractivity (Wildman–Crippen MR) is 99.7 cm³/mol. The molecule has 0 amide bonds. The summed E-state index contributed by atoms with van der Waals surface area (Å²) in [6.07, 6.45) is 3.45. The third-order valence-corrected chi connectivity index (χ3v) is 4.67. The molecule has 0 radical (unpaired) electrons. The molecule has 1 aliphatic heterocycles. The fourth-order valence-electron chi connectivity index (χ4n) is 3.29. The topological polar surface area (TPSA) is 41.5 Å². The molecule has 5 nitrogen and oxygen atoms in total. The van der Waals surface area contributed by atoms with E-state index >= 15 is 0 Å². The number of rotatable bonds is 3. The fraction of sp³-hybridized carbons (Fsp3) is 0.200. The van der Waals surface area contributed by atoms with Crippen molar-refractivity contribution in [1.82, 2.24) is 20.0 Å². The zero-order valence-corrected chi connectivity index (χ0v) is 14.6. The van der Waals surface area contributed by atoms with Crippen LogP contribution in [0.2, 0.25) is 0 Å². The number of benzene rings is 2. The van der Waals surface area contributed by atoms with Gasteiger partial charge in [0.15, 0.2) is 0 Å². The van der Waals surface area contributed by atoms with Crippen molar-refractivity contribution in [3.63, 3.8) is 0 Å². The van der Waals surface area contributed by atoms with Gasteiger partial charge in [-0.3, -0.25) is 9.97 Å². The molecule has 126 valence electrons. The van der Waals surface area contributed by atoms with Gasteiger partial charge in [-0.25, -0.2) is 5.01 Å². The van der Waals surface area contributed by atoms with Crippen molar-refractivity contribution in [2.75, 3.05) is 27.7 Å². The van der Waals surface area contributed by atoms with Crippen LogP contribution < -0.4 is 4.74 Å². The normalized spacial score (nSPS) is 15.2. The first-order valence-electron chi connectivity index (χ1n) is 8.21. The number of hydrogen-bond acceptors (Lipinski definition) is 5. The number of hydrogen-bond donors (Lipinski definition) is 0. The Morgan fingerprint density at radius 1 is 0.920 bits per heavy atom. The number of hydrazine groups is 1. The highest BCUT2D eigenvalue weighted by atomic mass is 16.5. The smallest absolute Gasteiger partial charge is 0.119 e. The van der Waals surface area contributed by atoms with Gasteiger partial charge < -0.3 is 9.75 Å². The summed E-state index contributed by atoms with van der Waals surface area (Å²) in [6, 6.07) is 14.5. The van der Waals surface area contributed by atoms with E-state index in [0.717, 1.165) is 28.9 Å². The molecule has 0 fully saturated rings. The monoisotopic (exact) mass is 332 g/mol. The average Bonchev–Trinajstić information content (AvgIpc) is 2.96. The van der Waals surface area contributed by atoms with Gasteiger partial charge in [0.2, 0.25) is 0 Å². The van der Waals surface area contributed by atoms with E-state index in [4.69, 9.17) is 4.74 Å². The van der Waals surface area contributed by atoms with E-state index in [-0.39, 0.29) is 0 Å². The maximum Gasteiger partial charge on any atom is 0.119 e. The van der Waals surface area contributed by atoms with Crippen molar-refractivity contribution < 1.29 is 4.74 Å². The molecular formula is C20H20N4O. The van der Waals surface area contributed by atoms with Gasteiger partial charge in [0.25, 0.3) is 0 Å². The van der Waals surface area contributed by atoms with Gasteiger partial charge in [-0.15, -0.1) is 0 Å². The quantitative estimate of drug-likeness (QED) is 0.736. The molecule has 3 aromatic rings. The van der Waals surface area contributed by atoms with Gasteiger partial charge in [-0.2, -0.15) is 0 Å². The van der Waals surface area contributed by atoms with Crippen LogP contribution in [0.3, 0.4) is 0 Å². The first-order chi connectivity index (χ1) is 12.2. The number of ether oxygens (including phenoxy) is 1. The van der Waals surface area contributed by atoms with E-state index in [1.165, 1.54) is 16.8 Å². The van der Waals surface area contributed by atoms with Crippen LogP contribution in [0.15, 0.2) is 54.9 Å². The summed E-state index contributed by atoms with van der Waals surface area (Å²) in [7, 11) is 5.88. The molecule has 0 N–H and O–H groups in total. The van der Waals surface area contributed by atoms with Crippen LogP contribution >= 0.6 is 0 Å². The number of likely N-dealkylation sites (N-methyl/N-ethyl adjacent to an activating group) is 1. The van der Waals surface area contributed by atoms with Crippen molar-refractivity contribution in [1.29, 1.82) is 0 Å². The third kappa shape index (κ3) is 2.72. The molecule has 2 heterocycles. The lowest BCUT2D eigenvalue weighted by Gasteiger charge is -2.24. The van der Waals surface area contributed by atoms with Gasteiger partial charge in [0.1, 0.15) is 5.75 Å². The highest BCUT2D eigenvalue weighted by molar-refractivity contribution is 5.94. The summed E-state index contributed by atoms with van der Waals surface area (Å²) in [5.41, 5.74) is 6.57. The zero-order chi connectivity index (χ0) is 17.4. The van der Waals surface area contributed by atoms with Crippen molar-refractivity contribution in [2.24, 2.45) is 0 Å². The highest BCUT2D eigenvalue weighted by Gasteiger charge is 2.26. The Labute approximate surface area is 147 Å². The molecular weight excluding hydrogens is 312 g/mol. The maximum absolute atomic E-state index is 5.40. The highest BCUT2D eigenvalue weighted by Crippen LogP contribution is 2.36. The van der Waals surface area contributed by atoms with E-state index < -0.39 is 0 Å². The fourth-order valence-corrected chi connectivity index (χ4v) is 3.29. The second kappa shape index (κ2) is 6.18. The van der Waals surface area contributed by atoms with Crippen molar-refractivity contribution in [3.8, 4) is 5.75 Å². The van der Waals surface area contributed by atoms with Crippen LogP contribution in [0.25, 0.3) is 22.3 Å². The Morgan fingerprint density at radius 3 is 2.52 bits per heavy atom. The zero-order valence-electron chi connectivity index (χ0n) is 14.6. The molecule has 4 rings (SSSR count). The summed E-state index contributed by atoms with van der Waals surface area (Å²) >= 11 is 0. The standard InChI is InChI=1S/C20H20N4O/c1-23-13-17(14-5-4-6-16(11-14)25-3)20(24(23)2)15-7-8-18-19(12-15)22-10-9-21-18/h4-12H,13H2,1-3H3. The maximum atomic E-state index is 5.40. The van der Waals surface area contributed by atoms with E-state index in [2.05, 4.69) is 58.3 Å². The Hall–Kier alpha value is -2.92. The summed E-state index contributed by atoms with van der Waals surface area (Å²) in [4.78, 5) is 8.81. The molecule has 0 saturated carbocycles. The van der Waals surface area contributed by atoms with Crippen LogP contribution in [-0.2, 0) is 0 Å². The van der Waals surface area contributed by atoms with Gasteiger partial charge >= 0.3 is 0 Å². The lowest BCUT2D eigenvalue weighted by molar-refractivity contribution is 0.129. The first kappa shape index (κ1) is 15.6. The lowest BCUT2D eigenvalue weighted by atomic mass is 9.99. The van der Waals surface area contributed by atoms with E-state index in [0.29, 0.717) is 0 Å². The number of fused-ring (bicyclic) bond motifs is 1. The average molecular weight is 332 g/mol. The Kier molecular flexibility index (Phi) is 3.86. The first-order valence-corrected chi connectivity index (χ1v) is 8.21. The largest absolute Gasteiger partial charge is 0.497 e. The van der Waals surface area contributed by atoms with Crippen LogP contribution in [0.1, 0.15) is 11.1 Å². The molecule has 0 unspecified atom stereocenters. The Balaban J connectivity index is 1.89. The molecule has 1 aromatic heterocycles. The predicted octanol–water partition coefficient (Wildman–Crippen LogP) is 3.30. The molecule has 5 heteroatoms. The summed E-state index contributed by atoms with van der Waals surface area (Å²) in [5.74, 6) is 0.867. The molecule has 1 aliphatic rings. The Bertz CT molecular complexity index is 967. The molecule has 25 heavy (non-hydrogen) atoms. The molecule has 0 aliphatic carbocycles. The second-order valence-electron chi connectivity index (χ2n) is 6.16. The van der Waals surface area contributed by atoms with Crippen LogP contribution in [0, 0.1) is 0 Å². The molecule has 2 aromatic carbocycles. The molecule has 0 atom stereocenters. The third-order valence-electron chi connectivity index (χ3n) is 4.67. The molecule has 0 bridgehead atoms. The van der Waals surface area contributed by atoms with Gasteiger partial charge in [0.05, 0.1) is 23.8 Å². The van der Waals surface area contributed by atoms with Gasteiger partial charge in [0, 0.05) is 44.2 Å². The van der Waals surface area contributed by atoms with Crippen LogP contribution in [-0.4, -0.2) is 47.7 Å². The van der Waals surface area contributed by atoms with E-state index in [9.17, 15) is 0 Å². The van der Waals surface area contributed by atoms with Gasteiger partial charge in [-0.1, -0.05) is 18.2 Å². The van der Waals surface area contributed by atoms with Gasteiger partial charge in [-0.05, 0) is 29.8 Å². The summed E-state index contributed by atoms with van der Waals surface area (Å²) < 4.78 is 5.40. The van der Waals surface area contributed by atoms with Crippen molar-refractivity contribution >= 4 is 22.3 Å². The van der Waals surface area contributed by atoms with Crippen LogP contribution in [0.5, 0.6) is 5.75 Å². The minimum atomic E-state index is 0.845. The van der Waals surface area contributed by atoms with Crippen LogP contribution in [0.4, 0.5) is 0 Å². The number of aromatic nitrogens is 2. The van der Waals surface area contributed by atoms with E-state index in [1.807, 2.05) is 18.2 Å². The molecule has 0 saturated heterocycles. The summed E-state index contributed by atoms with van der Waals surface area (Å²) in [5, 5.41) is 4.39. The number of methoxy groups -OCH3 is 1. The number of nitrogens with zero attached hydrogens (tertiary/aromatic N) is 4. The lowest BCUT2D eigenvalue weighted by Crippen LogP contribution is -2.29. The Morgan fingerprint density at radius 2 is 1.72 bits per heavy atom. The SMILES string of the molecule is COc1cccc(C2=C(c3ccc4nccnc4c3)N(C)N(C)C2)c1. The van der Waals surface area contributed by atoms with E-state index in [1.54, 1.807) is 19.5 Å².